The second-order valence-corrected chi connectivity index (χ2v) is 1.78. The number of allylic oxidation sites excluding steroid dienone is 1. The molecule has 1 heterocycles. The Morgan fingerprint density at radius 2 is 2.33 bits per heavy atom. The number of hydrogen-bond acceptors (Lipinski definition) is 2. The summed E-state index contributed by atoms with van der Waals surface area (Å²) in [5.74, 6) is -4.32. The summed E-state index contributed by atoms with van der Waals surface area (Å²) >= 11 is 0. The van der Waals surface area contributed by atoms with Crippen molar-refractivity contribution in [2.45, 2.75) is 5.92 Å². The van der Waals surface area contributed by atoms with E-state index in [0.29, 0.717) is 0 Å². The standard InChI is InChI=1S/C5H5F2NO/c6-5(7)3-8-2-1-4(5)9/h1-2,8H,3H2. The molecule has 0 radical (unpaired) electrons. The lowest BCUT2D eigenvalue weighted by Crippen LogP contribution is -2.40. The number of hydrogen-bond donors (Lipinski definition) is 1. The molecule has 2 nitrogen and oxygen atoms in total. The van der Waals surface area contributed by atoms with Crippen molar-refractivity contribution in [3.05, 3.63) is 12.3 Å². The van der Waals surface area contributed by atoms with Crippen LogP contribution in [0.3, 0.4) is 0 Å². The number of rotatable bonds is 0. The highest BCUT2D eigenvalue weighted by Crippen LogP contribution is 2.15. The van der Waals surface area contributed by atoms with Gasteiger partial charge in [-0.15, -0.1) is 0 Å². The minimum absolute atomic E-state index is 0.581. The van der Waals surface area contributed by atoms with Gasteiger partial charge in [0.15, 0.2) is 0 Å². The summed E-state index contributed by atoms with van der Waals surface area (Å²) < 4.78 is 24.3. The minimum Gasteiger partial charge on any atom is -0.384 e. The molecule has 0 saturated heterocycles. The van der Waals surface area contributed by atoms with Gasteiger partial charge >= 0.3 is 5.92 Å². The Balaban J connectivity index is 2.78. The smallest absolute Gasteiger partial charge is 0.325 e. The maximum absolute atomic E-state index is 12.1. The molecule has 1 aliphatic heterocycles. The molecule has 0 bridgehead atoms. The second kappa shape index (κ2) is 1.79. The Labute approximate surface area is 50.5 Å². The van der Waals surface area contributed by atoms with Crippen LogP contribution >= 0.6 is 0 Å². The Hall–Kier alpha value is -0.930. The van der Waals surface area contributed by atoms with E-state index in [1.165, 1.54) is 6.20 Å². The normalized spacial score (nSPS) is 23.6. The van der Waals surface area contributed by atoms with Gasteiger partial charge in [0.25, 0.3) is 0 Å². The lowest BCUT2D eigenvalue weighted by Gasteiger charge is -2.15. The molecule has 0 aliphatic carbocycles. The first kappa shape index (κ1) is 6.19. The molecule has 0 aromatic heterocycles. The molecule has 0 saturated carbocycles. The zero-order chi connectivity index (χ0) is 6.91. The summed E-state index contributed by atoms with van der Waals surface area (Å²) in [7, 11) is 0. The summed E-state index contributed by atoms with van der Waals surface area (Å²) in [5, 5.41) is 2.25. The van der Waals surface area contributed by atoms with Crippen LogP contribution in [0.4, 0.5) is 8.78 Å². The fourth-order valence-corrected chi connectivity index (χ4v) is 0.531. The summed E-state index contributed by atoms with van der Waals surface area (Å²) in [6.07, 6.45) is 2.06. The second-order valence-electron chi connectivity index (χ2n) is 1.78. The van der Waals surface area contributed by atoms with Crippen molar-refractivity contribution in [1.29, 1.82) is 0 Å². The van der Waals surface area contributed by atoms with E-state index in [-0.39, 0.29) is 0 Å². The van der Waals surface area contributed by atoms with Crippen molar-refractivity contribution < 1.29 is 13.6 Å². The highest BCUT2D eigenvalue weighted by molar-refractivity contribution is 5.96. The van der Waals surface area contributed by atoms with Crippen LogP contribution < -0.4 is 5.32 Å². The van der Waals surface area contributed by atoms with Crippen molar-refractivity contribution in [1.82, 2.24) is 5.32 Å². The van der Waals surface area contributed by atoms with E-state index >= 15 is 0 Å². The predicted molar refractivity (Wildman–Crippen MR) is 27.1 cm³/mol. The summed E-state index contributed by atoms with van der Waals surface area (Å²) in [6, 6.07) is 0. The highest BCUT2D eigenvalue weighted by atomic mass is 19.3. The van der Waals surface area contributed by atoms with E-state index in [1.54, 1.807) is 0 Å². The number of alkyl halides is 2. The van der Waals surface area contributed by atoms with Crippen LogP contribution in [-0.2, 0) is 4.79 Å². The Morgan fingerprint density at radius 3 is 2.67 bits per heavy atom. The maximum atomic E-state index is 12.1. The van der Waals surface area contributed by atoms with Crippen LogP contribution in [0.15, 0.2) is 12.3 Å². The molecule has 1 rings (SSSR count). The van der Waals surface area contributed by atoms with Gasteiger partial charge in [-0.25, -0.2) is 0 Å². The molecule has 0 unspecified atom stereocenters. The molecule has 0 atom stereocenters. The molecule has 50 valence electrons. The topological polar surface area (TPSA) is 29.1 Å². The zero-order valence-electron chi connectivity index (χ0n) is 4.53. The van der Waals surface area contributed by atoms with Crippen molar-refractivity contribution in [3.8, 4) is 0 Å². The molecule has 1 N–H and O–H groups in total. The van der Waals surface area contributed by atoms with Gasteiger partial charge < -0.3 is 5.32 Å². The molecule has 0 spiro atoms. The third-order valence-corrected chi connectivity index (χ3v) is 1.04. The SMILES string of the molecule is O=C1C=CNCC1(F)F. The average Bonchev–Trinajstić information content (AvgIpc) is 1.77. The first-order chi connectivity index (χ1) is 4.13. The maximum Gasteiger partial charge on any atom is 0.325 e. The first-order valence-corrected chi connectivity index (χ1v) is 2.45. The summed E-state index contributed by atoms with van der Waals surface area (Å²) in [6.45, 7) is -0.581. The van der Waals surface area contributed by atoms with E-state index < -0.39 is 18.3 Å². The largest absolute Gasteiger partial charge is 0.384 e. The molecule has 1 aliphatic rings. The molecule has 0 fully saturated rings. The predicted octanol–water partition coefficient (Wildman–Crippen LogP) is 0.308. The Morgan fingerprint density at radius 1 is 1.67 bits per heavy atom. The van der Waals surface area contributed by atoms with Crippen LogP contribution in [-0.4, -0.2) is 18.3 Å². The lowest BCUT2D eigenvalue weighted by atomic mass is 10.2. The molecule has 4 heteroatoms. The van der Waals surface area contributed by atoms with E-state index in [1.807, 2.05) is 0 Å². The van der Waals surface area contributed by atoms with Crippen molar-refractivity contribution in [3.63, 3.8) is 0 Å². The van der Waals surface area contributed by atoms with Gasteiger partial charge in [-0.3, -0.25) is 4.79 Å². The Kier molecular flexibility index (Phi) is 1.23. The average molecular weight is 133 g/mol. The number of halogens is 2. The fourth-order valence-electron chi connectivity index (χ4n) is 0.531. The number of carbonyl (C=O) groups excluding carboxylic acids is 1. The fraction of sp³-hybridized carbons (Fsp3) is 0.400. The molecule has 0 aromatic rings. The number of ketones is 1. The van der Waals surface area contributed by atoms with Crippen molar-refractivity contribution in [2.75, 3.05) is 6.54 Å². The molecule has 0 amide bonds. The molecule has 0 aromatic carbocycles. The van der Waals surface area contributed by atoms with E-state index in [9.17, 15) is 13.6 Å². The molecule has 9 heavy (non-hydrogen) atoms. The van der Waals surface area contributed by atoms with E-state index in [4.69, 9.17) is 0 Å². The lowest BCUT2D eigenvalue weighted by molar-refractivity contribution is -0.137. The third-order valence-electron chi connectivity index (χ3n) is 1.04. The monoisotopic (exact) mass is 133 g/mol. The van der Waals surface area contributed by atoms with Gasteiger partial charge in [0.2, 0.25) is 5.78 Å². The minimum atomic E-state index is -3.20. The molecular weight excluding hydrogens is 128 g/mol. The third kappa shape index (κ3) is 1.06. The van der Waals surface area contributed by atoms with Gasteiger partial charge in [-0.2, -0.15) is 8.78 Å². The van der Waals surface area contributed by atoms with Gasteiger partial charge in [0.1, 0.15) is 0 Å². The Bertz CT molecular complexity index is 164. The zero-order valence-corrected chi connectivity index (χ0v) is 4.53. The van der Waals surface area contributed by atoms with Crippen molar-refractivity contribution >= 4 is 5.78 Å². The van der Waals surface area contributed by atoms with Crippen LogP contribution in [0, 0.1) is 0 Å². The van der Waals surface area contributed by atoms with Gasteiger partial charge in [0, 0.05) is 12.3 Å². The van der Waals surface area contributed by atoms with Crippen LogP contribution in [0.2, 0.25) is 0 Å². The molecular formula is C5H5F2NO. The van der Waals surface area contributed by atoms with Crippen LogP contribution in [0.5, 0.6) is 0 Å². The quantitative estimate of drug-likeness (QED) is 0.515. The van der Waals surface area contributed by atoms with Gasteiger partial charge in [0.05, 0.1) is 6.54 Å². The number of carbonyl (C=O) groups is 1. The van der Waals surface area contributed by atoms with Crippen LogP contribution in [0.25, 0.3) is 0 Å². The number of nitrogens with one attached hydrogen (secondary N) is 1. The van der Waals surface area contributed by atoms with Crippen LogP contribution in [0.1, 0.15) is 0 Å². The first-order valence-electron chi connectivity index (χ1n) is 2.45. The van der Waals surface area contributed by atoms with E-state index in [2.05, 4.69) is 5.32 Å². The summed E-state index contributed by atoms with van der Waals surface area (Å²) in [4.78, 5) is 10.2. The van der Waals surface area contributed by atoms with E-state index in [0.717, 1.165) is 6.08 Å². The summed E-state index contributed by atoms with van der Waals surface area (Å²) in [5.41, 5.74) is 0. The van der Waals surface area contributed by atoms with Crippen molar-refractivity contribution in [2.24, 2.45) is 0 Å². The highest BCUT2D eigenvalue weighted by Gasteiger charge is 2.37. The van der Waals surface area contributed by atoms with Gasteiger partial charge in [-0.05, 0) is 0 Å². The van der Waals surface area contributed by atoms with Gasteiger partial charge in [-0.1, -0.05) is 0 Å².